The van der Waals surface area contributed by atoms with Crippen molar-refractivity contribution in [2.24, 2.45) is 0 Å². The van der Waals surface area contributed by atoms with E-state index in [0.717, 1.165) is 5.69 Å². The predicted octanol–water partition coefficient (Wildman–Crippen LogP) is 3.53. The summed E-state index contributed by atoms with van der Waals surface area (Å²) in [6.45, 7) is 6.57. The van der Waals surface area contributed by atoms with Gasteiger partial charge in [-0.25, -0.2) is 0 Å². The van der Waals surface area contributed by atoms with Crippen molar-refractivity contribution in [3.63, 3.8) is 0 Å². The smallest absolute Gasteiger partial charge is 0.0328 e. The zero-order valence-electron chi connectivity index (χ0n) is 12.8. The molecule has 1 radical (unpaired) electrons. The molecule has 1 aliphatic heterocycles. The van der Waals surface area contributed by atoms with Gasteiger partial charge in [0.2, 0.25) is 0 Å². The van der Waals surface area contributed by atoms with E-state index in [9.17, 15) is 0 Å². The molecule has 1 aliphatic carbocycles. The van der Waals surface area contributed by atoms with Gasteiger partial charge in [0.25, 0.3) is 0 Å². The van der Waals surface area contributed by atoms with E-state index in [2.05, 4.69) is 48.0 Å². The average Bonchev–Trinajstić information content (AvgIpc) is 3.01. The molecule has 2 aliphatic rings. The van der Waals surface area contributed by atoms with Gasteiger partial charge in [0, 0.05) is 32.5 Å². The third kappa shape index (κ3) is 2.10. The molecule has 0 bridgehead atoms. The Bertz CT molecular complexity index is 752. The maximum atomic E-state index is 4.31. The normalized spacial score (nSPS) is 17.2. The molecule has 1 aromatic carbocycles. The van der Waals surface area contributed by atoms with Crippen molar-refractivity contribution in [1.29, 1.82) is 0 Å². The quantitative estimate of drug-likeness (QED) is 0.599. The van der Waals surface area contributed by atoms with E-state index in [1.54, 1.807) is 0 Å². The van der Waals surface area contributed by atoms with E-state index in [4.69, 9.17) is 0 Å². The van der Waals surface area contributed by atoms with E-state index < -0.39 is 0 Å². The molecule has 0 atom stereocenters. The van der Waals surface area contributed by atoms with Crippen LogP contribution in [0.15, 0.2) is 43.0 Å². The molecule has 0 saturated carbocycles. The van der Waals surface area contributed by atoms with Crippen LogP contribution in [0.2, 0.25) is 0 Å². The molecule has 2 heterocycles. The van der Waals surface area contributed by atoms with Gasteiger partial charge in [-0.05, 0) is 42.1 Å². The number of rotatable bonds is 1. The SMILES string of the molecule is CN1C=CN(c2[c-]cc3c(c2)-c2cnccc2C3(C)C)[CH-]1.[Ir]. The van der Waals surface area contributed by atoms with Gasteiger partial charge in [0.1, 0.15) is 0 Å². The van der Waals surface area contributed by atoms with Crippen LogP contribution in [0.1, 0.15) is 25.0 Å². The van der Waals surface area contributed by atoms with Crippen molar-refractivity contribution in [3.8, 4) is 11.1 Å². The van der Waals surface area contributed by atoms with Crippen molar-refractivity contribution in [2.75, 3.05) is 11.9 Å². The molecular weight excluding hydrogens is 450 g/mol. The Morgan fingerprint density at radius 1 is 1.18 bits per heavy atom. The minimum absolute atomic E-state index is 0. The first-order valence-electron chi connectivity index (χ1n) is 7.12. The van der Waals surface area contributed by atoms with E-state index in [0.29, 0.717) is 0 Å². The Kier molecular flexibility index (Phi) is 3.62. The zero-order valence-corrected chi connectivity index (χ0v) is 15.2. The first kappa shape index (κ1) is 15.3. The van der Waals surface area contributed by atoms with Gasteiger partial charge in [-0.15, -0.1) is 22.9 Å². The molecule has 3 nitrogen and oxygen atoms in total. The van der Waals surface area contributed by atoms with Crippen molar-refractivity contribution >= 4 is 5.69 Å². The van der Waals surface area contributed by atoms with E-state index in [-0.39, 0.29) is 25.5 Å². The van der Waals surface area contributed by atoms with Crippen LogP contribution in [-0.2, 0) is 25.5 Å². The Hall–Kier alpha value is -1.64. The molecule has 0 unspecified atom stereocenters. The topological polar surface area (TPSA) is 19.4 Å². The summed E-state index contributed by atoms with van der Waals surface area (Å²) in [7, 11) is 2.02. The Balaban J connectivity index is 0.00000144. The summed E-state index contributed by atoms with van der Waals surface area (Å²) in [6, 6.07) is 9.89. The molecule has 4 rings (SSSR count). The van der Waals surface area contributed by atoms with Crippen LogP contribution in [0.5, 0.6) is 0 Å². The average molecular weight is 468 g/mol. The van der Waals surface area contributed by atoms with Gasteiger partial charge in [0.15, 0.2) is 0 Å². The molecule has 115 valence electrons. The molecule has 0 saturated heterocycles. The molecule has 4 heteroatoms. The number of hydrogen-bond acceptors (Lipinski definition) is 3. The Morgan fingerprint density at radius 3 is 2.73 bits per heavy atom. The molecule has 0 N–H and O–H groups in total. The van der Waals surface area contributed by atoms with Gasteiger partial charge in [0.05, 0.1) is 0 Å². The number of fused-ring (bicyclic) bond motifs is 3. The third-order valence-corrected chi connectivity index (χ3v) is 4.44. The second kappa shape index (κ2) is 5.22. The fraction of sp³-hybridized carbons (Fsp3) is 0.222. The Labute approximate surface area is 145 Å². The second-order valence-corrected chi connectivity index (χ2v) is 6.18. The fourth-order valence-corrected chi connectivity index (χ4v) is 3.26. The van der Waals surface area contributed by atoms with Crippen molar-refractivity contribution in [1.82, 2.24) is 9.88 Å². The van der Waals surface area contributed by atoms with Crippen LogP contribution in [0.3, 0.4) is 0 Å². The fourth-order valence-electron chi connectivity index (χ4n) is 3.26. The summed E-state index contributed by atoms with van der Waals surface area (Å²) < 4.78 is 0. The standard InChI is InChI=1S/C18H17N3.Ir/c1-18(2)16-5-4-13(21-9-8-20(3)12-21)10-14(16)15-11-19-7-6-17(15)18;/h5-12H,1-3H3;/q-2;. The first-order chi connectivity index (χ1) is 10.1. The van der Waals surface area contributed by atoms with Gasteiger partial charge < -0.3 is 9.80 Å². The second-order valence-electron chi connectivity index (χ2n) is 6.18. The van der Waals surface area contributed by atoms with Gasteiger partial charge in [-0.3, -0.25) is 4.98 Å². The molecule has 22 heavy (non-hydrogen) atoms. The number of nitrogens with zero attached hydrogens (tertiary/aromatic N) is 3. The first-order valence-corrected chi connectivity index (χ1v) is 7.12. The third-order valence-electron chi connectivity index (χ3n) is 4.44. The Morgan fingerprint density at radius 2 is 2.00 bits per heavy atom. The summed E-state index contributed by atoms with van der Waals surface area (Å²) in [5, 5.41) is 0. The number of benzene rings is 1. The van der Waals surface area contributed by atoms with Crippen LogP contribution < -0.4 is 4.90 Å². The van der Waals surface area contributed by atoms with Crippen molar-refractivity contribution in [2.45, 2.75) is 19.3 Å². The van der Waals surface area contributed by atoms with Crippen molar-refractivity contribution in [3.05, 3.63) is 66.9 Å². The number of anilines is 1. The summed E-state index contributed by atoms with van der Waals surface area (Å²) in [6.07, 6.45) is 7.92. The summed E-state index contributed by atoms with van der Waals surface area (Å²) in [5.74, 6) is 0. The molecule has 0 spiro atoms. The van der Waals surface area contributed by atoms with Crippen LogP contribution in [0, 0.1) is 12.7 Å². The zero-order chi connectivity index (χ0) is 14.6. The molecule has 1 aromatic heterocycles. The maximum absolute atomic E-state index is 4.31. The predicted molar refractivity (Wildman–Crippen MR) is 84.3 cm³/mol. The molecule has 2 aromatic rings. The van der Waals surface area contributed by atoms with E-state index >= 15 is 0 Å². The monoisotopic (exact) mass is 468 g/mol. The maximum Gasteiger partial charge on any atom is 0.0328 e. The van der Waals surface area contributed by atoms with Crippen LogP contribution in [0.25, 0.3) is 11.1 Å². The van der Waals surface area contributed by atoms with Crippen LogP contribution >= 0.6 is 0 Å². The summed E-state index contributed by atoms with van der Waals surface area (Å²) in [5.41, 5.74) is 6.26. The molecule has 0 fully saturated rings. The summed E-state index contributed by atoms with van der Waals surface area (Å²) in [4.78, 5) is 8.42. The van der Waals surface area contributed by atoms with Crippen LogP contribution in [-0.4, -0.2) is 16.9 Å². The van der Waals surface area contributed by atoms with Gasteiger partial charge in [-0.1, -0.05) is 13.8 Å². The van der Waals surface area contributed by atoms with Gasteiger partial charge >= 0.3 is 0 Å². The van der Waals surface area contributed by atoms with E-state index in [1.807, 2.05) is 43.4 Å². The number of aromatic nitrogens is 1. The largest absolute Gasteiger partial charge is 0.510 e. The minimum atomic E-state index is 0. The number of hydrogen-bond donors (Lipinski definition) is 0. The van der Waals surface area contributed by atoms with Crippen molar-refractivity contribution < 1.29 is 20.1 Å². The minimum Gasteiger partial charge on any atom is -0.510 e. The van der Waals surface area contributed by atoms with Crippen LogP contribution in [0.4, 0.5) is 5.69 Å². The molecule has 0 amide bonds. The number of pyridine rings is 1. The summed E-state index contributed by atoms with van der Waals surface area (Å²) >= 11 is 0. The van der Waals surface area contributed by atoms with E-state index in [1.165, 1.54) is 22.3 Å². The van der Waals surface area contributed by atoms with Gasteiger partial charge in [-0.2, -0.15) is 18.8 Å². The molecular formula is C18H17IrN3-2.